The van der Waals surface area contributed by atoms with Crippen LogP contribution < -0.4 is 10.2 Å². The first-order valence-corrected chi connectivity index (χ1v) is 35.4. The fourth-order valence-corrected chi connectivity index (χ4v) is 10.7. The van der Waals surface area contributed by atoms with Crippen LogP contribution in [0.1, 0.15) is 329 Å². The van der Waals surface area contributed by atoms with Crippen molar-refractivity contribution in [2.45, 2.75) is 341 Å². The Hall–Kier alpha value is -2.03. The van der Waals surface area contributed by atoms with Gasteiger partial charge in [0.2, 0.25) is 5.91 Å². The van der Waals surface area contributed by atoms with Gasteiger partial charge in [-0.3, -0.25) is 14.2 Å². The van der Waals surface area contributed by atoms with Crippen LogP contribution in [0.15, 0.2) is 48.6 Å². The van der Waals surface area contributed by atoms with Gasteiger partial charge < -0.3 is 28.5 Å². The summed E-state index contributed by atoms with van der Waals surface area (Å²) in [7, 11) is 1.20. The molecule has 0 saturated heterocycles. The molecule has 0 aromatic rings. The molecule has 0 fully saturated rings. The van der Waals surface area contributed by atoms with Gasteiger partial charge in [-0.15, -0.1) is 0 Å². The van der Waals surface area contributed by atoms with Crippen LogP contribution in [0.3, 0.4) is 0 Å². The number of amides is 1. The third-order valence-electron chi connectivity index (χ3n) is 15.3. The van der Waals surface area contributed by atoms with Crippen LogP contribution >= 0.6 is 7.82 Å². The number of esters is 1. The number of phosphoric acid groups is 1. The molecule has 0 aliphatic heterocycles. The van der Waals surface area contributed by atoms with E-state index in [0.29, 0.717) is 17.4 Å². The summed E-state index contributed by atoms with van der Waals surface area (Å²) in [6.07, 6.45) is 73.7. The molecule has 79 heavy (non-hydrogen) atoms. The third kappa shape index (κ3) is 60.4. The largest absolute Gasteiger partial charge is 0.756 e. The quantitative estimate of drug-likeness (QED) is 0.0212. The number of likely N-dealkylation sites (N-methyl/N-ethyl adjacent to an activating group) is 1. The molecule has 0 aromatic carbocycles. The molecule has 0 bridgehead atoms. The summed E-state index contributed by atoms with van der Waals surface area (Å²) in [5.41, 5.74) is 0. The molecule has 0 aliphatic carbocycles. The predicted molar refractivity (Wildman–Crippen MR) is 339 cm³/mol. The lowest BCUT2D eigenvalue weighted by atomic mass is 10.0. The van der Waals surface area contributed by atoms with Gasteiger partial charge in [0.15, 0.2) is 0 Å². The Morgan fingerprint density at radius 2 is 0.772 bits per heavy atom. The molecule has 1 amide bonds. The van der Waals surface area contributed by atoms with E-state index < -0.39 is 20.0 Å². The number of nitrogens with one attached hydrogen (secondary N) is 1. The Bertz CT molecular complexity index is 1490. The first-order chi connectivity index (χ1) is 38.4. The third-order valence-corrected chi connectivity index (χ3v) is 16.2. The second-order valence-corrected chi connectivity index (χ2v) is 25.7. The summed E-state index contributed by atoms with van der Waals surface area (Å²) >= 11 is 0. The molecule has 0 radical (unpaired) electrons. The van der Waals surface area contributed by atoms with E-state index in [0.717, 1.165) is 70.6 Å². The number of rotatable bonds is 62. The molecule has 3 unspecified atom stereocenters. The highest BCUT2D eigenvalue weighted by molar-refractivity contribution is 7.45. The summed E-state index contributed by atoms with van der Waals surface area (Å²) in [5, 5.41) is 3.04. The van der Waals surface area contributed by atoms with E-state index in [4.69, 9.17) is 13.8 Å². The van der Waals surface area contributed by atoms with Gasteiger partial charge >= 0.3 is 5.97 Å². The SMILES string of the molecule is CCCCC/C=C\C/C=C\C/C=C\CCCCCCCCCCCCCCCCC(=O)NC(COP(=O)([O-])OCC[N+](C)(C)C)C(/C=C\CCCCCCCCCCCCC)OC(=O)CCCCCCCCCCCCCCC. The van der Waals surface area contributed by atoms with Crippen molar-refractivity contribution in [1.29, 1.82) is 0 Å². The van der Waals surface area contributed by atoms with E-state index in [-0.39, 0.29) is 31.5 Å². The van der Waals surface area contributed by atoms with Gasteiger partial charge in [-0.2, -0.15) is 0 Å². The molecule has 0 heterocycles. The number of phosphoric ester groups is 1. The van der Waals surface area contributed by atoms with E-state index in [2.05, 4.69) is 62.5 Å². The molecule has 0 spiro atoms. The van der Waals surface area contributed by atoms with Crippen LogP contribution in [0.25, 0.3) is 0 Å². The maximum absolute atomic E-state index is 13.6. The van der Waals surface area contributed by atoms with Crippen LogP contribution in [-0.4, -0.2) is 69.4 Å². The van der Waals surface area contributed by atoms with E-state index in [1.54, 1.807) is 0 Å². The van der Waals surface area contributed by atoms with E-state index in [1.807, 2.05) is 33.3 Å². The molecule has 0 rings (SSSR count). The zero-order valence-electron chi connectivity index (χ0n) is 53.1. The summed E-state index contributed by atoms with van der Waals surface area (Å²) in [6.45, 7) is 6.85. The molecular formula is C69H131N2O7P. The lowest BCUT2D eigenvalue weighted by molar-refractivity contribution is -0.870. The van der Waals surface area contributed by atoms with E-state index in [1.165, 1.54) is 225 Å². The minimum Gasteiger partial charge on any atom is -0.756 e. The number of hydrogen-bond acceptors (Lipinski definition) is 7. The summed E-state index contributed by atoms with van der Waals surface area (Å²) in [5.74, 6) is -0.527. The number of carbonyl (C=O) groups excluding carboxylic acids is 2. The van der Waals surface area contributed by atoms with Crippen LogP contribution in [0.5, 0.6) is 0 Å². The van der Waals surface area contributed by atoms with Crippen molar-refractivity contribution in [2.24, 2.45) is 0 Å². The minimum absolute atomic E-state index is 0.0203. The number of unbranched alkanes of at least 4 members (excludes halogenated alkanes) is 40. The number of hydrogen-bond donors (Lipinski definition) is 1. The van der Waals surface area contributed by atoms with Gasteiger partial charge in [-0.05, 0) is 70.3 Å². The Morgan fingerprint density at radius 3 is 1.18 bits per heavy atom. The Labute approximate surface area is 490 Å². The standard InChI is InChI=1S/C69H131N2O7P/c1-7-10-13-16-19-22-25-28-29-30-31-32-33-34-35-36-37-38-39-40-41-44-46-49-52-55-58-61-68(72)70-66(65-77-79(74,75)76-64-63-71(4,5)6)67(60-57-54-51-48-45-42-26-23-20-17-14-11-8-2)78-69(73)62-59-56-53-50-47-43-27-24-21-18-15-12-9-3/h19,22,28-29,31-32,57,60,66-67H,7-18,20-21,23-27,30,33-56,58-59,61-65H2,1-6H3,(H-,70,72,74,75)/b22-19-,29-28-,32-31-,60-57-. The van der Waals surface area contributed by atoms with Crippen molar-refractivity contribution >= 4 is 19.7 Å². The van der Waals surface area contributed by atoms with Gasteiger partial charge in [0.1, 0.15) is 19.3 Å². The number of allylic oxidation sites excluding steroid dienone is 7. The van der Waals surface area contributed by atoms with Gasteiger partial charge in [0.05, 0.1) is 33.8 Å². The number of nitrogens with zero attached hydrogens (tertiary/aromatic N) is 1. The first-order valence-electron chi connectivity index (χ1n) is 33.9. The van der Waals surface area contributed by atoms with Crippen molar-refractivity contribution in [3.05, 3.63) is 48.6 Å². The lowest BCUT2D eigenvalue weighted by Gasteiger charge is -2.30. The van der Waals surface area contributed by atoms with Crippen molar-refractivity contribution in [2.75, 3.05) is 40.9 Å². The van der Waals surface area contributed by atoms with Crippen LogP contribution in [0.2, 0.25) is 0 Å². The van der Waals surface area contributed by atoms with Gasteiger partial charge in [0, 0.05) is 12.8 Å². The second-order valence-electron chi connectivity index (χ2n) is 24.3. The van der Waals surface area contributed by atoms with E-state index >= 15 is 0 Å². The lowest BCUT2D eigenvalue weighted by Crippen LogP contribution is -2.47. The normalized spacial score (nSPS) is 13.9. The average molecular weight is 1130 g/mol. The molecule has 9 nitrogen and oxygen atoms in total. The highest BCUT2D eigenvalue weighted by Crippen LogP contribution is 2.38. The molecule has 10 heteroatoms. The van der Waals surface area contributed by atoms with Crippen LogP contribution in [0, 0.1) is 0 Å². The number of ether oxygens (including phenoxy) is 1. The fourth-order valence-electron chi connectivity index (χ4n) is 10.0. The summed E-state index contributed by atoms with van der Waals surface area (Å²) < 4.78 is 30.4. The van der Waals surface area contributed by atoms with Crippen molar-refractivity contribution < 1.29 is 37.3 Å². The molecule has 0 aliphatic rings. The first kappa shape index (κ1) is 77.0. The molecule has 1 N–H and O–H groups in total. The smallest absolute Gasteiger partial charge is 0.306 e. The molecular weight excluding hydrogens is 1000 g/mol. The predicted octanol–water partition coefficient (Wildman–Crippen LogP) is 20.6. The zero-order valence-corrected chi connectivity index (χ0v) is 54.0. The second kappa shape index (κ2) is 59.1. The van der Waals surface area contributed by atoms with E-state index in [9.17, 15) is 19.0 Å². The van der Waals surface area contributed by atoms with Crippen molar-refractivity contribution in [3.8, 4) is 0 Å². The van der Waals surface area contributed by atoms with Crippen molar-refractivity contribution in [3.63, 3.8) is 0 Å². The molecule has 0 aromatic heterocycles. The number of quaternary nitrogens is 1. The molecule has 0 saturated carbocycles. The minimum atomic E-state index is -4.70. The average Bonchev–Trinajstić information content (AvgIpc) is 3.41. The Balaban J connectivity index is 5.02. The van der Waals surface area contributed by atoms with Gasteiger partial charge in [-0.25, -0.2) is 0 Å². The maximum Gasteiger partial charge on any atom is 0.306 e. The Morgan fingerprint density at radius 1 is 0.443 bits per heavy atom. The fraction of sp³-hybridized carbons (Fsp3) is 0.855. The van der Waals surface area contributed by atoms with Crippen LogP contribution in [-0.2, 0) is 27.9 Å². The zero-order chi connectivity index (χ0) is 57.9. The number of carbonyl (C=O) groups is 2. The topological polar surface area (TPSA) is 114 Å². The maximum atomic E-state index is 13.6. The van der Waals surface area contributed by atoms with Gasteiger partial charge in [-0.1, -0.05) is 294 Å². The monoisotopic (exact) mass is 1130 g/mol. The molecule has 464 valence electrons. The summed E-state index contributed by atoms with van der Waals surface area (Å²) in [4.78, 5) is 40.1. The molecule has 3 atom stereocenters. The highest BCUT2D eigenvalue weighted by atomic mass is 31.2. The van der Waals surface area contributed by atoms with Crippen molar-refractivity contribution in [1.82, 2.24) is 5.32 Å². The van der Waals surface area contributed by atoms with Crippen LogP contribution in [0.4, 0.5) is 0 Å². The Kier molecular flexibility index (Phi) is 57.6. The highest BCUT2D eigenvalue weighted by Gasteiger charge is 2.27. The van der Waals surface area contributed by atoms with Gasteiger partial charge in [0.25, 0.3) is 7.82 Å². The summed E-state index contributed by atoms with van der Waals surface area (Å²) in [6, 6.07) is -0.885.